The molecular formula is C5H9BrO3. The number of hydrogen-bond acceptors (Lipinski definition) is 2. The summed E-state index contributed by atoms with van der Waals surface area (Å²) in [5.74, 6) is -0.993. The van der Waals surface area contributed by atoms with Crippen LogP contribution in [0.3, 0.4) is 0 Å². The molecule has 0 bridgehead atoms. The molecule has 0 heterocycles. The molecule has 0 aliphatic carbocycles. The van der Waals surface area contributed by atoms with E-state index in [1.54, 1.807) is 0 Å². The lowest BCUT2D eigenvalue weighted by atomic mass is 10.2. The Hall–Kier alpha value is -0.380. The van der Waals surface area contributed by atoms with Gasteiger partial charge in [0.1, 0.15) is 5.78 Å². The van der Waals surface area contributed by atoms with Crippen molar-refractivity contribution in [2.45, 2.75) is 19.8 Å². The van der Waals surface area contributed by atoms with Gasteiger partial charge in [0.2, 0.25) is 0 Å². The molecule has 0 rings (SSSR count). The molecule has 0 unspecified atom stereocenters. The van der Waals surface area contributed by atoms with Gasteiger partial charge in [-0.25, -0.2) is 0 Å². The van der Waals surface area contributed by atoms with Crippen molar-refractivity contribution in [2.75, 3.05) is 0 Å². The number of Topliss-reactive ketones (excluding diaryl/α,β-unsaturated/α-hetero) is 1. The molecule has 3 nitrogen and oxygen atoms in total. The fourth-order valence-electron chi connectivity index (χ4n) is 0.283. The second-order valence-electron chi connectivity index (χ2n) is 1.60. The SMILES string of the molecule is Br.CC(=O)CCC(=O)O. The predicted molar refractivity (Wildman–Crippen MR) is 37.9 cm³/mol. The predicted octanol–water partition coefficient (Wildman–Crippen LogP) is 1.02. The van der Waals surface area contributed by atoms with Gasteiger partial charge in [0, 0.05) is 6.42 Å². The standard InChI is InChI=1S/C5H8O3.BrH/c1-4(6)2-3-5(7)8;/h2-3H2,1H3,(H,7,8);1H. The zero-order valence-electron chi connectivity index (χ0n) is 5.09. The summed E-state index contributed by atoms with van der Waals surface area (Å²) in [5, 5.41) is 8.01. The molecule has 4 heteroatoms. The summed E-state index contributed by atoms with van der Waals surface area (Å²) in [7, 11) is 0. The van der Waals surface area contributed by atoms with Gasteiger partial charge >= 0.3 is 5.97 Å². The molecule has 9 heavy (non-hydrogen) atoms. The summed E-state index contributed by atoms with van der Waals surface area (Å²) in [6, 6.07) is 0. The van der Waals surface area contributed by atoms with Crippen LogP contribution in [0.2, 0.25) is 0 Å². The zero-order chi connectivity index (χ0) is 6.57. The van der Waals surface area contributed by atoms with Crippen LogP contribution in [0.15, 0.2) is 0 Å². The van der Waals surface area contributed by atoms with E-state index in [2.05, 4.69) is 0 Å². The topological polar surface area (TPSA) is 54.4 Å². The van der Waals surface area contributed by atoms with Gasteiger partial charge in [0.05, 0.1) is 6.42 Å². The lowest BCUT2D eigenvalue weighted by molar-refractivity contribution is -0.138. The number of aliphatic carboxylic acids is 1. The number of carbonyl (C=O) groups excluding carboxylic acids is 1. The van der Waals surface area contributed by atoms with E-state index in [-0.39, 0.29) is 35.6 Å². The largest absolute Gasteiger partial charge is 0.481 e. The maximum Gasteiger partial charge on any atom is 0.303 e. The van der Waals surface area contributed by atoms with Crippen molar-refractivity contribution in [1.82, 2.24) is 0 Å². The molecule has 0 aliphatic heterocycles. The van der Waals surface area contributed by atoms with Crippen LogP contribution in [-0.4, -0.2) is 16.9 Å². The first-order valence-electron chi connectivity index (χ1n) is 2.34. The van der Waals surface area contributed by atoms with Crippen LogP contribution in [0.4, 0.5) is 0 Å². The first kappa shape index (κ1) is 11.4. The highest BCUT2D eigenvalue weighted by Crippen LogP contribution is 1.87. The number of carboxylic acid groups (broad SMARTS) is 1. The highest BCUT2D eigenvalue weighted by Gasteiger charge is 1.97. The average Bonchev–Trinajstić information content (AvgIpc) is 1.61. The third-order valence-corrected chi connectivity index (χ3v) is 0.691. The van der Waals surface area contributed by atoms with Crippen molar-refractivity contribution < 1.29 is 14.7 Å². The molecule has 0 aromatic carbocycles. The molecule has 0 saturated heterocycles. The molecule has 0 aromatic heterocycles. The van der Waals surface area contributed by atoms with Gasteiger partial charge < -0.3 is 9.90 Å². The van der Waals surface area contributed by atoms with Crippen LogP contribution < -0.4 is 0 Å². The Kier molecular flexibility index (Phi) is 7.30. The minimum Gasteiger partial charge on any atom is -0.481 e. The molecule has 0 saturated carbocycles. The maximum atomic E-state index is 10.1. The monoisotopic (exact) mass is 196 g/mol. The second-order valence-corrected chi connectivity index (χ2v) is 1.60. The quantitative estimate of drug-likeness (QED) is 0.734. The van der Waals surface area contributed by atoms with Crippen LogP contribution in [0, 0.1) is 0 Å². The van der Waals surface area contributed by atoms with E-state index in [4.69, 9.17) is 5.11 Å². The van der Waals surface area contributed by atoms with Crippen LogP contribution >= 0.6 is 17.0 Å². The molecule has 0 atom stereocenters. The van der Waals surface area contributed by atoms with Crippen LogP contribution in [0.25, 0.3) is 0 Å². The lowest BCUT2D eigenvalue weighted by Gasteiger charge is -1.86. The number of hydrogen-bond donors (Lipinski definition) is 1. The fourth-order valence-corrected chi connectivity index (χ4v) is 0.283. The van der Waals surface area contributed by atoms with Crippen LogP contribution in [0.5, 0.6) is 0 Å². The Morgan fingerprint density at radius 1 is 1.33 bits per heavy atom. The van der Waals surface area contributed by atoms with E-state index in [9.17, 15) is 9.59 Å². The smallest absolute Gasteiger partial charge is 0.303 e. The van der Waals surface area contributed by atoms with Gasteiger partial charge in [-0.1, -0.05) is 0 Å². The van der Waals surface area contributed by atoms with E-state index in [0.29, 0.717) is 0 Å². The van der Waals surface area contributed by atoms with Gasteiger partial charge in [-0.15, -0.1) is 17.0 Å². The first-order chi connectivity index (χ1) is 3.63. The Balaban J connectivity index is 0. The molecule has 0 aromatic rings. The Labute approximate surface area is 63.8 Å². The number of ketones is 1. The van der Waals surface area contributed by atoms with E-state index < -0.39 is 5.97 Å². The Morgan fingerprint density at radius 2 is 1.78 bits per heavy atom. The van der Waals surface area contributed by atoms with Crippen molar-refractivity contribution >= 4 is 28.7 Å². The fraction of sp³-hybridized carbons (Fsp3) is 0.600. The van der Waals surface area contributed by atoms with E-state index in [1.165, 1.54) is 6.92 Å². The number of halogens is 1. The van der Waals surface area contributed by atoms with Crippen molar-refractivity contribution in [3.63, 3.8) is 0 Å². The average molecular weight is 197 g/mol. The summed E-state index contributed by atoms with van der Waals surface area (Å²) >= 11 is 0. The summed E-state index contributed by atoms with van der Waals surface area (Å²) in [6.45, 7) is 1.38. The Bertz CT molecular complexity index is 96.8. The molecule has 0 aliphatic rings. The molecule has 1 N–H and O–H groups in total. The van der Waals surface area contributed by atoms with Gasteiger partial charge in [-0.3, -0.25) is 4.79 Å². The number of carbonyl (C=O) groups is 2. The summed E-state index contributed by atoms with van der Waals surface area (Å²) < 4.78 is 0. The minimum atomic E-state index is -0.916. The third-order valence-electron chi connectivity index (χ3n) is 0.691. The van der Waals surface area contributed by atoms with E-state index in [0.717, 1.165) is 0 Å². The Morgan fingerprint density at radius 3 is 1.89 bits per heavy atom. The zero-order valence-corrected chi connectivity index (χ0v) is 6.80. The van der Waals surface area contributed by atoms with Crippen LogP contribution in [0.1, 0.15) is 19.8 Å². The summed E-state index contributed by atoms with van der Waals surface area (Å²) in [6.07, 6.45) is 0.102. The molecular weight excluding hydrogens is 188 g/mol. The summed E-state index contributed by atoms with van der Waals surface area (Å²) in [4.78, 5) is 19.8. The highest BCUT2D eigenvalue weighted by atomic mass is 79.9. The number of carboxylic acids is 1. The molecule has 54 valence electrons. The first-order valence-corrected chi connectivity index (χ1v) is 2.34. The van der Waals surface area contributed by atoms with Gasteiger partial charge in [0.15, 0.2) is 0 Å². The van der Waals surface area contributed by atoms with Gasteiger partial charge in [-0.05, 0) is 6.92 Å². The maximum absolute atomic E-state index is 10.1. The highest BCUT2D eigenvalue weighted by molar-refractivity contribution is 8.93. The van der Waals surface area contributed by atoms with E-state index in [1.807, 2.05) is 0 Å². The van der Waals surface area contributed by atoms with Crippen molar-refractivity contribution in [1.29, 1.82) is 0 Å². The molecule has 0 spiro atoms. The van der Waals surface area contributed by atoms with Crippen LogP contribution in [-0.2, 0) is 9.59 Å². The van der Waals surface area contributed by atoms with Crippen molar-refractivity contribution in [3.05, 3.63) is 0 Å². The molecule has 0 amide bonds. The van der Waals surface area contributed by atoms with Crippen molar-refractivity contribution in [3.8, 4) is 0 Å². The molecule has 0 fully saturated rings. The summed E-state index contributed by atoms with van der Waals surface area (Å²) in [5.41, 5.74) is 0. The minimum absolute atomic E-state index is 0. The third kappa shape index (κ3) is 11.3. The lowest BCUT2D eigenvalue weighted by Crippen LogP contribution is -1.98. The van der Waals surface area contributed by atoms with Crippen molar-refractivity contribution in [2.24, 2.45) is 0 Å². The normalized spacial score (nSPS) is 7.67. The van der Waals surface area contributed by atoms with Gasteiger partial charge in [-0.2, -0.15) is 0 Å². The van der Waals surface area contributed by atoms with Gasteiger partial charge in [0.25, 0.3) is 0 Å². The second kappa shape index (κ2) is 5.75. The van der Waals surface area contributed by atoms with E-state index >= 15 is 0 Å². The molecule has 0 radical (unpaired) electrons. The number of rotatable bonds is 3.